The summed E-state index contributed by atoms with van der Waals surface area (Å²) in [6, 6.07) is 5.54. The first-order valence-electron chi connectivity index (χ1n) is 6.46. The Morgan fingerprint density at radius 2 is 1.91 bits per heavy atom. The van der Waals surface area contributed by atoms with Crippen LogP contribution in [0.4, 0.5) is 18.9 Å². The number of hydrogen-bond acceptors (Lipinski definition) is 4. The van der Waals surface area contributed by atoms with Gasteiger partial charge < -0.3 is 14.8 Å². The molecular formula is C14H14F3N3O3. The molecule has 9 heteroatoms. The van der Waals surface area contributed by atoms with Crippen LogP contribution in [0.5, 0.6) is 11.5 Å². The van der Waals surface area contributed by atoms with Crippen LogP contribution in [0.25, 0.3) is 0 Å². The lowest BCUT2D eigenvalue weighted by molar-refractivity contribution is -0.141. The second-order valence-corrected chi connectivity index (χ2v) is 4.51. The van der Waals surface area contributed by atoms with E-state index < -0.39 is 17.8 Å². The SMILES string of the molecule is COc1ccc(NC(=O)Cn2ccc(C(F)(F)F)n2)cc1OC. The third-order valence-corrected chi connectivity index (χ3v) is 2.90. The molecule has 0 fully saturated rings. The first-order valence-corrected chi connectivity index (χ1v) is 6.46. The Labute approximate surface area is 129 Å². The van der Waals surface area contributed by atoms with E-state index in [0.717, 1.165) is 16.9 Å². The molecule has 0 radical (unpaired) electrons. The van der Waals surface area contributed by atoms with Gasteiger partial charge in [-0.25, -0.2) is 0 Å². The van der Waals surface area contributed by atoms with Crippen molar-refractivity contribution in [1.29, 1.82) is 0 Å². The summed E-state index contributed by atoms with van der Waals surface area (Å²) < 4.78 is 48.4. The maximum Gasteiger partial charge on any atom is 0.435 e. The minimum atomic E-state index is -4.54. The Bertz CT molecular complexity index is 698. The van der Waals surface area contributed by atoms with Crippen LogP contribution in [0.1, 0.15) is 5.69 Å². The van der Waals surface area contributed by atoms with E-state index in [4.69, 9.17) is 9.47 Å². The molecule has 2 aromatic rings. The van der Waals surface area contributed by atoms with Crippen molar-refractivity contribution in [2.45, 2.75) is 12.7 Å². The summed E-state index contributed by atoms with van der Waals surface area (Å²) in [5, 5.41) is 5.86. The molecule has 124 valence electrons. The van der Waals surface area contributed by atoms with Gasteiger partial charge in [0.2, 0.25) is 5.91 Å². The highest BCUT2D eigenvalue weighted by molar-refractivity contribution is 5.90. The van der Waals surface area contributed by atoms with Crippen LogP contribution >= 0.6 is 0 Å². The summed E-state index contributed by atoms with van der Waals surface area (Å²) in [6.07, 6.45) is -3.44. The number of hydrogen-bond donors (Lipinski definition) is 1. The highest BCUT2D eigenvalue weighted by atomic mass is 19.4. The highest BCUT2D eigenvalue weighted by Gasteiger charge is 2.33. The van der Waals surface area contributed by atoms with Crippen molar-refractivity contribution in [3.05, 3.63) is 36.2 Å². The zero-order valence-corrected chi connectivity index (χ0v) is 12.3. The zero-order valence-electron chi connectivity index (χ0n) is 12.3. The average Bonchev–Trinajstić information content (AvgIpc) is 2.95. The lowest BCUT2D eigenvalue weighted by Gasteiger charge is -2.10. The van der Waals surface area contributed by atoms with Crippen molar-refractivity contribution < 1.29 is 27.4 Å². The normalized spacial score (nSPS) is 11.2. The number of halogens is 3. The number of alkyl halides is 3. The molecule has 1 amide bonds. The molecule has 6 nitrogen and oxygen atoms in total. The molecular weight excluding hydrogens is 315 g/mol. The van der Waals surface area contributed by atoms with Gasteiger partial charge in [0.05, 0.1) is 14.2 Å². The van der Waals surface area contributed by atoms with Gasteiger partial charge in [-0.3, -0.25) is 9.48 Å². The Kier molecular flexibility index (Phi) is 4.77. The molecule has 0 saturated heterocycles. The number of methoxy groups -OCH3 is 2. The third kappa shape index (κ3) is 4.15. The van der Waals surface area contributed by atoms with Crippen molar-refractivity contribution >= 4 is 11.6 Å². The summed E-state index contributed by atoms with van der Waals surface area (Å²) in [6.45, 7) is -0.343. The van der Waals surface area contributed by atoms with E-state index in [1.165, 1.54) is 14.2 Å². The fraction of sp³-hybridized carbons (Fsp3) is 0.286. The Morgan fingerprint density at radius 3 is 2.48 bits per heavy atom. The minimum Gasteiger partial charge on any atom is -0.493 e. The minimum absolute atomic E-state index is 0.343. The van der Waals surface area contributed by atoms with E-state index in [2.05, 4.69) is 10.4 Å². The summed E-state index contributed by atoms with van der Waals surface area (Å²) in [5.41, 5.74) is -0.618. The molecule has 0 aliphatic heterocycles. The first kappa shape index (κ1) is 16.7. The van der Waals surface area contributed by atoms with Gasteiger partial charge in [-0.15, -0.1) is 0 Å². The fourth-order valence-electron chi connectivity index (χ4n) is 1.86. The number of carbonyl (C=O) groups excluding carboxylic acids is 1. The standard InChI is InChI=1S/C14H14F3N3O3/c1-22-10-4-3-9(7-11(10)23-2)18-13(21)8-20-6-5-12(19-20)14(15,16)17/h3-7H,8H2,1-2H3,(H,18,21). The molecule has 23 heavy (non-hydrogen) atoms. The number of ether oxygens (including phenoxy) is 2. The van der Waals surface area contributed by atoms with Crippen molar-refractivity contribution in [2.24, 2.45) is 0 Å². The van der Waals surface area contributed by atoms with Crippen LogP contribution < -0.4 is 14.8 Å². The highest BCUT2D eigenvalue weighted by Crippen LogP contribution is 2.30. The van der Waals surface area contributed by atoms with E-state index in [1.54, 1.807) is 18.2 Å². The average molecular weight is 329 g/mol. The zero-order chi connectivity index (χ0) is 17.0. The van der Waals surface area contributed by atoms with Crippen molar-refractivity contribution in [2.75, 3.05) is 19.5 Å². The van der Waals surface area contributed by atoms with E-state index >= 15 is 0 Å². The quantitative estimate of drug-likeness (QED) is 0.916. The number of nitrogens with zero attached hydrogens (tertiary/aromatic N) is 2. The molecule has 1 aromatic carbocycles. The lowest BCUT2D eigenvalue weighted by Crippen LogP contribution is -2.19. The molecule has 1 aromatic heterocycles. The van der Waals surface area contributed by atoms with Crippen LogP contribution in [-0.4, -0.2) is 29.9 Å². The van der Waals surface area contributed by atoms with E-state index in [-0.39, 0.29) is 6.54 Å². The summed E-state index contributed by atoms with van der Waals surface area (Å²) in [7, 11) is 2.93. The van der Waals surface area contributed by atoms with Gasteiger partial charge in [-0.2, -0.15) is 18.3 Å². The number of carbonyl (C=O) groups is 1. The van der Waals surface area contributed by atoms with Crippen LogP contribution in [0.2, 0.25) is 0 Å². The molecule has 1 heterocycles. The fourth-order valence-corrected chi connectivity index (χ4v) is 1.86. The predicted octanol–water partition coefficient (Wildman–Crippen LogP) is 2.56. The number of nitrogens with one attached hydrogen (secondary N) is 1. The number of amides is 1. The van der Waals surface area contributed by atoms with Crippen molar-refractivity contribution in [1.82, 2.24) is 9.78 Å². The topological polar surface area (TPSA) is 65.4 Å². The molecule has 0 atom stereocenters. The van der Waals surface area contributed by atoms with Crippen LogP contribution in [0, 0.1) is 0 Å². The lowest BCUT2D eigenvalue weighted by atomic mass is 10.2. The van der Waals surface area contributed by atoms with Gasteiger partial charge in [-0.05, 0) is 18.2 Å². The molecule has 0 saturated carbocycles. The van der Waals surface area contributed by atoms with Gasteiger partial charge >= 0.3 is 6.18 Å². The smallest absolute Gasteiger partial charge is 0.435 e. The number of benzene rings is 1. The third-order valence-electron chi connectivity index (χ3n) is 2.90. The maximum atomic E-state index is 12.4. The second-order valence-electron chi connectivity index (χ2n) is 4.51. The molecule has 1 N–H and O–H groups in total. The van der Waals surface area contributed by atoms with Gasteiger partial charge in [0.15, 0.2) is 17.2 Å². The van der Waals surface area contributed by atoms with Gasteiger partial charge in [0, 0.05) is 18.0 Å². The molecule has 0 spiro atoms. The van der Waals surface area contributed by atoms with Gasteiger partial charge in [0.1, 0.15) is 6.54 Å². The largest absolute Gasteiger partial charge is 0.493 e. The molecule has 0 bridgehead atoms. The maximum absolute atomic E-state index is 12.4. The summed E-state index contributed by atoms with van der Waals surface area (Å²) >= 11 is 0. The number of rotatable bonds is 5. The molecule has 0 unspecified atom stereocenters. The van der Waals surface area contributed by atoms with Crippen molar-refractivity contribution in [3.63, 3.8) is 0 Å². The summed E-state index contributed by atoms with van der Waals surface area (Å²) in [4.78, 5) is 11.9. The Hall–Kier alpha value is -2.71. The molecule has 0 aliphatic carbocycles. The van der Waals surface area contributed by atoms with E-state index in [0.29, 0.717) is 17.2 Å². The predicted molar refractivity (Wildman–Crippen MR) is 75.4 cm³/mol. The second kappa shape index (κ2) is 6.59. The molecule has 2 rings (SSSR count). The van der Waals surface area contributed by atoms with Crippen LogP contribution in [0.3, 0.4) is 0 Å². The number of anilines is 1. The Morgan fingerprint density at radius 1 is 1.22 bits per heavy atom. The summed E-state index contributed by atoms with van der Waals surface area (Å²) in [5.74, 6) is 0.394. The van der Waals surface area contributed by atoms with Gasteiger partial charge in [-0.1, -0.05) is 0 Å². The van der Waals surface area contributed by atoms with E-state index in [9.17, 15) is 18.0 Å². The van der Waals surface area contributed by atoms with Crippen LogP contribution in [-0.2, 0) is 17.5 Å². The van der Waals surface area contributed by atoms with Crippen molar-refractivity contribution in [3.8, 4) is 11.5 Å². The Balaban J connectivity index is 2.03. The van der Waals surface area contributed by atoms with E-state index in [1.807, 2.05) is 0 Å². The van der Waals surface area contributed by atoms with Gasteiger partial charge in [0.25, 0.3) is 0 Å². The van der Waals surface area contributed by atoms with Crippen LogP contribution in [0.15, 0.2) is 30.5 Å². The number of aromatic nitrogens is 2. The monoisotopic (exact) mass is 329 g/mol. The first-order chi connectivity index (χ1) is 10.8. The molecule has 0 aliphatic rings.